The van der Waals surface area contributed by atoms with Crippen molar-refractivity contribution < 1.29 is 49.4 Å². The largest absolute Gasteiger partial charge is 0.394 e. The normalized spacial score (nSPS) is 13.6. The van der Waals surface area contributed by atoms with E-state index in [1.807, 2.05) is 0 Å². The fourth-order valence-electron chi connectivity index (χ4n) is 3.20. The number of nitrogens with two attached hydrogens (primary N) is 1. The molecule has 0 spiro atoms. The second-order valence-electron chi connectivity index (χ2n) is 7.85. The monoisotopic (exact) mass is 863 g/mol. The highest BCUT2D eigenvalue weighted by Gasteiger charge is 2.34. The molecule has 0 radical (unpaired) electrons. The Labute approximate surface area is 253 Å². The second-order valence-corrected chi connectivity index (χ2v) is 11.1. The van der Waals surface area contributed by atoms with Crippen LogP contribution in [0.4, 0.5) is 5.69 Å². The van der Waals surface area contributed by atoms with Crippen molar-refractivity contribution in [3.8, 4) is 0 Å². The van der Waals surface area contributed by atoms with Gasteiger partial charge in [-0.05, 0) is 67.8 Å². The average molecular weight is 863 g/mol. The van der Waals surface area contributed by atoms with Gasteiger partial charge in [-0.2, -0.15) is 0 Å². The lowest BCUT2D eigenvalue weighted by atomic mass is 10.1. The Hall–Kier alpha value is -0.750. The summed E-state index contributed by atoms with van der Waals surface area (Å²) in [6.07, 6.45) is -3.85. The minimum absolute atomic E-state index is 0.0108. The third-order valence-electron chi connectivity index (χ3n) is 4.80. The molecule has 13 nitrogen and oxygen atoms in total. The third kappa shape index (κ3) is 9.15. The summed E-state index contributed by atoms with van der Waals surface area (Å²) >= 11 is 5.28. The fourth-order valence-corrected chi connectivity index (χ4v) is 7.84. The van der Waals surface area contributed by atoms with Crippen molar-refractivity contribution in [2.45, 2.75) is 32.2 Å². The van der Waals surface area contributed by atoms with Crippen LogP contribution < -0.4 is 10.6 Å². The van der Waals surface area contributed by atoms with E-state index in [4.69, 9.17) is 15.6 Å². The molecule has 16 heteroatoms. The summed E-state index contributed by atoms with van der Waals surface area (Å²) in [5, 5.41) is 48.0. The highest BCUT2D eigenvalue weighted by atomic mass is 127. The summed E-state index contributed by atoms with van der Waals surface area (Å²) < 4.78 is 5.58. The van der Waals surface area contributed by atoms with E-state index in [1.54, 1.807) is 67.8 Å². The summed E-state index contributed by atoms with van der Waals surface area (Å²) in [6.45, 7) is -0.380. The van der Waals surface area contributed by atoms with Crippen molar-refractivity contribution in [1.82, 2.24) is 4.90 Å². The van der Waals surface area contributed by atoms with Gasteiger partial charge in [0.05, 0.1) is 62.6 Å². The van der Waals surface area contributed by atoms with Gasteiger partial charge in [-0.1, -0.05) is 0 Å². The van der Waals surface area contributed by atoms with Crippen LogP contribution in [0.15, 0.2) is 0 Å². The van der Waals surface area contributed by atoms with Crippen molar-refractivity contribution in [1.29, 1.82) is 0 Å². The lowest BCUT2D eigenvalue weighted by molar-refractivity contribution is -0.124. The fraction of sp³-hybridized carbons (Fsp3) is 0.524. The zero-order chi connectivity index (χ0) is 28.6. The molecule has 7 N–H and O–H groups in total. The number of nitrogens with zero attached hydrogens (tertiary/aromatic N) is 2. The number of hydrogen-bond donors (Lipinski definition) is 6. The number of amides is 4. The molecule has 3 unspecified atom stereocenters. The van der Waals surface area contributed by atoms with Crippen molar-refractivity contribution in [2.24, 2.45) is 5.73 Å². The number of hydrogen-bond acceptors (Lipinski definition) is 10. The maximum absolute atomic E-state index is 13.8. The zero-order valence-corrected chi connectivity index (χ0v) is 26.3. The predicted octanol–water partition coefficient (Wildman–Crippen LogP) is -0.975. The van der Waals surface area contributed by atoms with Crippen LogP contribution in [-0.4, -0.2) is 112 Å². The number of aliphatic hydroxyl groups excluding tert-OH is 5. The molecule has 4 amide bonds. The van der Waals surface area contributed by atoms with Gasteiger partial charge in [-0.3, -0.25) is 19.2 Å². The molecular formula is C21H28I3N3O10. The molecule has 208 valence electrons. The van der Waals surface area contributed by atoms with E-state index in [9.17, 15) is 39.6 Å². The molecule has 0 saturated heterocycles. The van der Waals surface area contributed by atoms with E-state index in [1.165, 1.54) is 0 Å². The lowest BCUT2D eigenvalue weighted by Gasteiger charge is -2.30. The van der Waals surface area contributed by atoms with Crippen molar-refractivity contribution in [3.05, 3.63) is 21.8 Å². The van der Waals surface area contributed by atoms with Gasteiger partial charge < -0.3 is 40.9 Å². The standard InChI is InChI=1S/C21H28I3N3O10/c1-9(30)27(10(2)31)19-17(23)14(20(25)35)16(22)15(18(19)24)21(36)26(3-11(32)5-28)4-12(33)7-37-8-13(34)6-29/h11-13,28-29,32-34H,3-8H2,1-2H3,(H2,25,35). The first-order valence-corrected chi connectivity index (χ1v) is 13.9. The van der Waals surface area contributed by atoms with Crippen molar-refractivity contribution >= 4 is 97.1 Å². The maximum Gasteiger partial charge on any atom is 0.256 e. The van der Waals surface area contributed by atoms with Gasteiger partial charge in [-0.25, -0.2) is 4.90 Å². The van der Waals surface area contributed by atoms with Gasteiger partial charge in [-0.15, -0.1) is 0 Å². The summed E-state index contributed by atoms with van der Waals surface area (Å²) in [4.78, 5) is 52.6. The Morgan fingerprint density at radius 2 is 1.27 bits per heavy atom. The highest BCUT2D eigenvalue weighted by Crippen LogP contribution is 2.38. The van der Waals surface area contributed by atoms with Crippen LogP contribution in [0.1, 0.15) is 34.6 Å². The molecule has 0 aliphatic carbocycles. The maximum atomic E-state index is 13.8. The molecule has 0 bridgehead atoms. The highest BCUT2D eigenvalue weighted by molar-refractivity contribution is 14.1. The SMILES string of the molecule is CC(=O)N(C(C)=O)c1c(I)c(C(N)=O)c(I)c(C(=O)N(CC(O)CO)CC(O)COCC(O)CO)c1I. The van der Waals surface area contributed by atoms with Gasteiger partial charge in [0.25, 0.3) is 11.8 Å². The molecule has 0 aliphatic rings. The van der Waals surface area contributed by atoms with Crippen LogP contribution in [-0.2, 0) is 14.3 Å². The summed E-state index contributed by atoms with van der Waals surface area (Å²) in [5.74, 6) is -3.03. The Kier molecular flexibility index (Phi) is 14.6. The van der Waals surface area contributed by atoms with Gasteiger partial charge in [0, 0.05) is 30.5 Å². The van der Waals surface area contributed by atoms with E-state index in [2.05, 4.69) is 0 Å². The van der Waals surface area contributed by atoms with Crippen LogP contribution in [0.5, 0.6) is 0 Å². The molecule has 1 aromatic carbocycles. The Bertz CT molecular complexity index is 1010. The first-order valence-electron chi connectivity index (χ1n) is 10.6. The molecule has 1 aromatic rings. The molecule has 37 heavy (non-hydrogen) atoms. The van der Waals surface area contributed by atoms with Gasteiger partial charge in [0.2, 0.25) is 11.8 Å². The molecule has 0 heterocycles. The number of anilines is 1. The average Bonchev–Trinajstić information content (AvgIpc) is 2.79. The van der Waals surface area contributed by atoms with E-state index in [0.717, 1.165) is 23.6 Å². The minimum atomic E-state index is -1.38. The summed E-state index contributed by atoms with van der Waals surface area (Å²) in [7, 11) is 0. The summed E-state index contributed by atoms with van der Waals surface area (Å²) in [6, 6.07) is 0. The molecule has 0 saturated carbocycles. The first-order chi connectivity index (χ1) is 17.2. The number of aliphatic hydroxyl groups is 5. The Balaban J connectivity index is 3.64. The number of ether oxygens (including phenoxy) is 1. The molecule has 3 atom stereocenters. The molecular weight excluding hydrogens is 835 g/mol. The van der Waals surface area contributed by atoms with E-state index in [0.29, 0.717) is 0 Å². The predicted molar refractivity (Wildman–Crippen MR) is 156 cm³/mol. The van der Waals surface area contributed by atoms with Gasteiger partial charge in [0.1, 0.15) is 6.10 Å². The topological polar surface area (TPSA) is 211 Å². The number of primary amides is 1. The third-order valence-corrected chi connectivity index (χ3v) is 7.98. The summed E-state index contributed by atoms with van der Waals surface area (Å²) in [5.41, 5.74) is 5.36. The second kappa shape index (κ2) is 15.7. The first kappa shape index (κ1) is 34.3. The zero-order valence-electron chi connectivity index (χ0n) is 19.9. The van der Waals surface area contributed by atoms with Gasteiger partial charge in [0.15, 0.2) is 0 Å². The van der Waals surface area contributed by atoms with Crippen molar-refractivity contribution in [3.63, 3.8) is 0 Å². The van der Waals surface area contributed by atoms with E-state index >= 15 is 0 Å². The van der Waals surface area contributed by atoms with Crippen LogP contribution in [0, 0.1) is 10.7 Å². The minimum Gasteiger partial charge on any atom is -0.394 e. The van der Waals surface area contributed by atoms with E-state index < -0.39 is 68.2 Å². The number of carbonyl (C=O) groups excluding carboxylic acids is 4. The smallest absolute Gasteiger partial charge is 0.256 e. The Morgan fingerprint density at radius 3 is 1.73 bits per heavy atom. The van der Waals surface area contributed by atoms with E-state index in [-0.39, 0.29) is 40.7 Å². The van der Waals surface area contributed by atoms with Crippen LogP contribution in [0.3, 0.4) is 0 Å². The Morgan fingerprint density at radius 1 is 0.811 bits per heavy atom. The number of benzene rings is 1. The number of halogens is 3. The number of carbonyl (C=O) groups is 4. The molecule has 1 rings (SSSR count). The number of imide groups is 1. The van der Waals surface area contributed by atoms with Crippen LogP contribution in [0.2, 0.25) is 0 Å². The number of rotatable bonds is 13. The molecule has 0 fully saturated rings. The quantitative estimate of drug-likeness (QED) is 0.134. The van der Waals surface area contributed by atoms with Crippen molar-refractivity contribution in [2.75, 3.05) is 44.4 Å². The molecule has 0 aromatic heterocycles. The van der Waals surface area contributed by atoms with Gasteiger partial charge >= 0.3 is 0 Å². The lowest BCUT2D eigenvalue weighted by Crippen LogP contribution is -2.45. The van der Waals surface area contributed by atoms with Crippen LogP contribution in [0.25, 0.3) is 0 Å². The molecule has 0 aliphatic heterocycles. The van der Waals surface area contributed by atoms with Crippen LogP contribution >= 0.6 is 67.8 Å².